The summed E-state index contributed by atoms with van der Waals surface area (Å²) in [5, 5.41) is 4.88. The summed E-state index contributed by atoms with van der Waals surface area (Å²) < 4.78 is 4.58. The van der Waals surface area contributed by atoms with Gasteiger partial charge in [0, 0.05) is 13.0 Å². The summed E-state index contributed by atoms with van der Waals surface area (Å²) in [5.41, 5.74) is 1.04. The lowest BCUT2D eigenvalue weighted by atomic mass is 10.1. The zero-order chi connectivity index (χ0) is 14.8. The van der Waals surface area contributed by atoms with Crippen molar-refractivity contribution in [1.29, 1.82) is 0 Å². The van der Waals surface area contributed by atoms with Gasteiger partial charge in [-0.15, -0.1) is 11.3 Å². The van der Waals surface area contributed by atoms with E-state index >= 15 is 0 Å². The molecule has 0 saturated heterocycles. The monoisotopic (exact) mass is 297 g/mol. The van der Waals surface area contributed by atoms with Crippen LogP contribution in [-0.4, -0.2) is 25.5 Å². The average molecular weight is 297 g/mol. The van der Waals surface area contributed by atoms with Crippen LogP contribution in [0, 0.1) is 6.92 Å². The van der Waals surface area contributed by atoms with Gasteiger partial charge in [0.1, 0.15) is 0 Å². The van der Waals surface area contributed by atoms with Crippen molar-refractivity contribution < 1.29 is 14.3 Å². The van der Waals surface area contributed by atoms with Crippen LogP contribution in [-0.2, 0) is 9.53 Å². The predicted molar refractivity (Wildman–Crippen MR) is 81.1 cm³/mol. The van der Waals surface area contributed by atoms with E-state index in [2.05, 4.69) is 10.1 Å². The molecule has 0 unspecified atom stereocenters. The maximum Gasteiger partial charge on any atom is 0.305 e. The van der Waals surface area contributed by atoms with Gasteiger partial charge in [-0.25, -0.2) is 0 Å². The van der Waals surface area contributed by atoms with Crippen LogP contribution in [0.5, 0.6) is 0 Å². The van der Waals surface area contributed by atoms with Gasteiger partial charge in [-0.2, -0.15) is 0 Å². The van der Waals surface area contributed by atoms with Crippen LogP contribution in [0.25, 0.3) is 0 Å². The smallest absolute Gasteiger partial charge is 0.305 e. The van der Waals surface area contributed by atoms with Gasteiger partial charge in [-0.3, -0.25) is 9.59 Å². The SMILES string of the molecule is COC(=O)CCCCCCCNC(=O)c1sccc1C. The quantitative estimate of drug-likeness (QED) is 0.562. The molecule has 0 atom stereocenters. The molecule has 5 heteroatoms. The molecule has 0 spiro atoms. The highest BCUT2D eigenvalue weighted by atomic mass is 32.1. The molecular formula is C15H23NO3S. The van der Waals surface area contributed by atoms with Gasteiger partial charge in [-0.05, 0) is 36.8 Å². The molecule has 0 aliphatic carbocycles. The predicted octanol–water partition coefficient (Wildman–Crippen LogP) is 3.30. The molecule has 0 aromatic carbocycles. The standard InChI is InChI=1S/C15H23NO3S/c1-12-9-11-20-14(12)15(18)16-10-7-5-3-4-6-8-13(17)19-2/h9,11H,3-8,10H2,1-2H3,(H,16,18). The third kappa shape index (κ3) is 6.19. The van der Waals surface area contributed by atoms with Crippen LogP contribution in [0.4, 0.5) is 0 Å². The first-order valence-corrected chi connectivity index (χ1v) is 7.92. The van der Waals surface area contributed by atoms with E-state index in [-0.39, 0.29) is 11.9 Å². The number of rotatable bonds is 9. The normalized spacial score (nSPS) is 10.3. The molecule has 112 valence electrons. The van der Waals surface area contributed by atoms with E-state index in [0.29, 0.717) is 13.0 Å². The minimum absolute atomic E-state index is 0.0307. The molecule has 1 amide bonds. The lowest BCUT2D eigenvalue weighted by molar-refractivity contribution is -0.140. The molecule has 20 heavy (non-hydrogen) atoms. The van der Waals surface area contributed by atoms with Crippen molar-refractivity contribution in [2.24, 2.45) is 0 Å². The van der Waals surface area contributed by atoms with Crippen LogP contribution in [0.15, 0.2) is 11.4 Å². The second kappa shape index (κ2) is 9.53. The van der Waals surface area contributed by atoms with E-state index in [4.69, 9.17) is 0 Å². The largest absolute Gasteiger partial charge is 0.469 e. The molecule has 0 aliphatic rings. The number of nitrogens with one attached hydrogen (secondary N) is 1. The minimum atomic E-state index is -0.136. The van der Waals surface area contributed by atoms with E-state index in [0.717, 1.165) is 42.5 Å². The Bertz CT molecular complexity index is 429. The number of thiophene rings is 1. The van der Waals surface area contributed by atoms with Gasteiger partial charge >= 0.3 is 5.97 Å². The second-order valence-electron chi connectivity index (χ2n) is 4.78. The summed E-state index contributed by atoms with van der Waals surface area (Å²) >= 11 is 1.48. The third-order valence-electron chi connectivity index (χ3n) is 3.14. The summed E-state index contributed by atoms with van der Waals surface area (Å²) in [7, 11) is 1.42. The van der Waals surface area contributed by atoms with Gasteiger partial charge in [0.25, 0.3) is 5.91 Å². The molecule has 0 saturated carbocycles. The molecule has 1 aromatic heterocycles. The lowest BCUT2D eigenvalue weighted by Gasteiger charge is -2.04. The Morgan fingerprint density at radius 2 is 1.90 bits per heavy atom. The van der Waals surface area contributed by atoms with Crippen molar-refractivity contribution in [3.63, 3.8) is 0 Å². The van der Waals surface area contributed by atoms with Crippen LogP contribution in [0.2, 0.25) is 0 Å². The Morgan fingerprint density at radius 3 is 2.55 bits per heavy atom. The molecule has 0 fully saturated rings. The Morgan fingerprint density at radius 1 is 1.20 bits per heavy atom. The minimum Gasteiger partial charge on any atom is -0.469 e. The highest BCUT2D eigenvalue weighted by Crippen LogP contribution is 2.15. The number of carbonyl (C=O) groups is 2. The summed E-state index contributed by atoms with van der Waals surface area (Å²) in [4.78, 5) is 23.5. The first-order valence-electron chi connectivity index (χ1n) is 7.04. The Labute approximate surface area is 124 Å². The van der Waals surface area contributed by atoms with Crippen molar-refractivity contribution in [3.05, 3.63) is 21.9 Å². The topological polar surface area (TPSA) is 55.4 Å². The van der Waals surface area contributed by atoms with E-state index in [9.17, 15) is 9.59 Å². The number of hydrogen-bond acceptors (Lipinski definition) is 4. The Balaban J connectivity index is 1.99. The molecule has 4 nitrogen and oxygen atoms in total. The van der Waals surface area contributed by atoms with Crippen molar-refractivity contribution >= 4 is 23.2 Å². The van der Waals surface area contributed by atoms with Gasteiger partial charge in [-0.1, -0.05) is 19.3 Å². The van der Waals surface area contributed by atoms with E-state index in [1.54, 1.807) is 0 Å². The number of methoxy groups -OCH3 is 1. The number of ether oxygens (including phenoxy) is 1. The number of unbranched alkanes of at least 4 members (excludes halogenated alkanes) is 4. The fourth-order valence-corrected chi connectivity index (χ4v) is 2.76. The molecule has 1 heterocycles. The van der Waals surface area contributed by atoms with Crippen LogP contribution in [0.1, 0.15) is 53.8 Å². The van der Waals surface area contributed by atoms with Crippen LogP contribution >= 0.6 is 11.3 Å². The van der Waals surface area contributed by atoms with Crippen molar-refractivity contribution in [2.45, 2.75) is 45.4 Å². The summed E-state index contributed by atoms with van der Waals surface area (Å²) in [6, 6.07) is 1.96. The fourth-order valence-electron chi connectivity index (χ4n) is 1.91. The number of esters is 1. The molecule has 1 N–H and O–H groups in total. The van der Waals surface area contributed by atoms with Crippen molar-refractivity contribution in [3.8, 4) is 0 Å². The van der Waals surface area contributed by atoms with E-state index in [1.165, 1.54) is 18.4 Å². The number of carbonyl (C=O) groups excluding carboxylic acids is 2. The van der Waals surface area contributed by atoms with Crippen LogP contribution in [0.3, 0.4) is 0 Å². The number of hydrogen-bond donors (Lipinski definition) is 1. The summed E-state index contributed by atoms with van der Waals surface area (Å²) in [5.74, 6) is -0.105. The van der Waals surface area contributed by atoms with E-state index < -0.39 is 0 Å². The summed E-state index contributed by atoms with van der Waals surface area (Å²) in [6.07, 6.45) is 5.57. The Kier molecular flexibility index (Phi) is 7.95. The zero-order valence-electron chi connectivity index (χ0n) is 12.2. The Hall–Kier alpha value is -1.36. The second-order valence-corrected chi connectivity index (χ2v) is 5.70. The van der Waals surface area contributed by atoms with Gasteiger partial charge in [0.2, 0.25) is 0 Å². The lowest BCUT2D eigenvalue weighted by Crippen LogP contribution is -2.24. The van der Waals surface area contributed by atoms with Gasteiger partial charge < -0.3 is 10.1 Å². The maximum atomic E-state index is 11.8. The molecule has 0 radical (unpaired) electrons. The first-order chi connectivity index (χ1) is 9.65. The average Bonchev–Trinajstić information content (AvgIpc) is 2.87. The molecular weight excluding hydrogens is 274 g/mol. The van der Waals surface area contributed by atoms with Crippen LogP contribution < -0.4 is 5.32 Å². The van der Waals surface area contributed by atoms with Crippen molar-refractivity contribution in [1.82, 2.24) is 5.32 Å². The fraction of sp³-hybridized carbons (Fsp3) is 0.600. The van der Waals surface area contributed by atoms with E-state index in [1.807, 2.05) is 18.4 Å². The molecule has 1 aromatic rings. The number of amides is 1. The number of aryl methyl sites for hydroxylation is 1. The van der Waals surface area contributed by atoms with Crippen molar-refractivity contribution in [2.75, 3.05) is 13.7 Å². The highest BCUT2D eigenvalue weighted by molar-refractivity contribution is 7.12. The third-order valence-corrected chi connectivity index (χ3v) is 4.15. The summed E-state index contributed by atoms with van der Waals surface area (Å²) in [6.45, 7) is 2.67. The molecule has 0 bridgehead atoms. The highest BCUT2D eigenvalue weighted by Gasteiger charge is 2.08. The zero-order valence-corrected chi connectivity index (χ0v) is 13.1. The first kappa shape index (κ1) is 16.7. The maximum absolute atomic E-state index is 11.8. The molecule has 1 rings (SSSR count). The van der Waals surface area contributed by atoms with Gasteiger partial charge in [0.05, 0.1) is 12.0 Å². The van der Waals surface area contributed by atoms with Gasteiger partial charge in [0.15, 0.2) is 0 Å². The molecule has 0 aliphatic heterocycles.